The molecule has 1 fully saturated rings. The number of amides is 1. The maximum absolute atomic E-state index is 12.2. The molecule has 0 unspecified atom stereocenters. The molecule has 0 atom stereocenters. The first-order valence-electron chi connectivity index (χ1n) is 9.01. The first kappa shape index (κ1) is 19.3. The van der Waals surface area contributed by atoms with E-state index in [0.29, 0.717) is 25.9 Å². The third-order valence-electron chi connectivity index (χ3n) is 4.96. The third kappa shape index (κ3) is 4.75. The van der Waals surface area contributed by atoms with Crippen molar-refractivity contribution < 1.29 is 9.53 Å². The van der Waals surface area contributed by atoms with Crippen LogP contribution in [-0.2, 0) is 11.2 Å². The molecule has 0 radical (unpaired) electrons. The second-order valence-electron chi connectivity index (χ2n) is 8.41. The molecule has 0 saturated carbocycles. The molecule has 1 aromatic carbocycles. The molecule has 1 amide bonds. The van der Waals surface area contributed by atoms with E-state index in [1.54, 1.807) is 4.90 Å². The van der Waals surface area contributed by atoms with Crippen molar-refractivity contribution in [3.63, 3.8) is 0 Å². The summed E-state index contributed by atoms with van der Waals surface area (Å²) in [6.07, 6.45) is 1.86. The maximum Gasteiger partial charge on any atom is 0.410 e. The summed E-state index contributed by atoms with van der Waals surface area (Å²) in [4.78, 5) is 14.0. The van der Waals surface area contributed by atoms with Gasteiger partial charge in [-0.2, -0.15) is 5.26 Å². The van der Waals surface area contributed by atoms with Gasteiger partial charge in [-0.15, -0.1) is 0 Å². The van der Waals surface area contributed by atoms with Crippen molar-refractivity contribution in [3.8, 4) is 6.07 Å². The van der Waals surface area contributed by atoms with Gasteiger partial charge in [0.2, 0.25) is 0 Å². The fourth-order valence-electron chi connectivity index (χ4n) is 3.60. The lowest BCUT2D eigenvalue weighted by molar-refractivity contribution is 0.0148. The van der Waals surface area contributed by atoms with E-state index in [2.05, 4.69) is 39.0 Å². The van der Waals surface area contributed by atoms with Crippen LogP contribution in [0.5, 0.6) is 0 Å². The lowest BCUT2D eigenvalue weighted by Gasteiger charge is -2.38. The second kappa shape index (κ2) is 7.07. The molecule has 4 nitrogen and oxygen atoms in total. The molecular formula is C21H30N2O2. The van der Waals surface area contributed by atoms with Crippen LogP contribution in [0.4, 0.5) is 4.79 Å². The Kier molecular flexibility index (Phi) is 5.46. The summed E-state index contributed by atoms with van der Waals surface area (Å²) in [6, 6.07) is 6.93. The van der Waals surface area contributed by atoms with Crippen molar-refractivity contribution in [1.82, 2.24) is 4.90 Å². The number of nitrogens with zero attached hydrogens (tertiary/aromatic N) is 2. The molecule has 4 heteroatoms. The summed E-state index contributed by atoms with van der Waals surface area (Å²) in [5.74, 6) is 0. The largest absolute Gasteiger partial charge is 0.444 e. The molecule has 0 aliphatic carbocycles. The number of benzene rings is 1. The highest BCUT2D eigenvalue weighted by Crippen LogP contribution is 2.36. The number of hydrogen-bond donors (Lipinski definition) is 0. The molecule has 2 rings (SSSR count). The highest BCUT2D eigenvalue weighted by Gasteiger charge is 2.38. The van der Waals surface area contributed by atoms with E-state index < -0.39 is 11.0 Å². The van der Waals surface area contributed by atoms with E-state index in [-0.39, 0.29) is 6.09 Å². The van der Waals surface area contributed by atoms with E-state index >= 15 is 0 Å². The average molecular weight is 342 g/mol. The molecule has 0 N–H and O–H groups in total. The Morgan fingerprint density at radius 1 is 1.20 bits per heavy atom. The van der Waals surface area contributed by atoms with Crippen molar-refractivity contribution in [1.29, 1.82) is 5.26 Å². The summed E-state index contributed by atoms with van der Waals surface area (Å²) in [5, 5.41) is 9.87. The molecule has 0 spiro atoms. The van der Waals surface area contributed by atoms with E-state index in [9.17, 15) is 10.1 Å². The van der Waals surface area contributed by atoms with Crippen molar-refractivity contribution >= 4 is 6.09 Å². The fraction of sp³-hybridized carbons (Fsp3) is 0.619. The number of ether oxygens (including phenoxy) is 1. The molecular weight excluding hydrogens is 312 g/mol. The number of carbonyl (C=O) groups is 1. The zero-order chi connectivity index (χ0) is 18.8. The fourth-order valence-corrected chi connectivity index (χ4v) is 3.60. The van der Waals surface area contributed by atoms with Crippen LogP contribution in [0.1, 0.15) is 55.9 Å². The SMILES string of the molecule is Cc1cc(C)c(CC2(C#N)CCN(C(=O)OC(C)(C)C)CC2)c(C)c1. The van der Waals surface area contributed by atoms with Crippen LogP contribution in [0.2, 0.25) is 0 Å². The minimum absolute atomic E-state index is 0.276. The van der Waals surface area contributed by atoms with Gasteiger partial charge in [-0.05, 0) is 77.5 Å². The number of hydrogen-bond acceptors (Lipinski definition) is 3. The van der Waals surface area contributed by atoms with Gasteiger partial charge in [0, 0.05) is 13.1 Å². The highest BCUT2D eigenvalue weighted by atomic mass is 16.6. The third-order valence-corrected chi connectivity index (χ3v) is 4.96. The van der Waals surface area contributed by atoms with Crippen molar-refractivity contribution in [2.45, 2.75) is 66.4 Å². The first-order valence-corrected chi connectivity index (χ1v) is 9.01. The summed E-state index contributed by atoms with van der Waals surface area (Å²) in [6.45, 7) is 13.1. The quantitative estimate of drug-likeness (QED) is 0.783. The number of nitriles is 1. The Balaban J connectivity index is 2.10. The van der Waals surface area contributed by atoms with Crippen LogP contribution in [0.25, 0.3) is 0 Å². The van der Waals surface area contributed by atoms with Gasteiger partial charge in [-0.1, -0.05) is 17.7 Å². The molecule has 1 saturated heterocycles. The van der Waals surface area contributed by atoms with Gasteiger partial charge in [0.25, 0.3) is 0 Å². The van der Waals surface area contributed by atoms with Crippen molar-refractivity contribution in [3.05, 3.63) is 34.4 Å². The Bertz CT molecular complexity index is 664. The van der Waals surface area contributed by atoms with E-state index in [0.717, 1.165) is 6.42 Å². The Hall–Kier alpha value is -2.02. The molecule has 1 aliphatic heterocycles. The number of piperidine rings is 1. The van der Waals surface area contributed by atoms with Gasteiger partial charge >= 0.3 is 6.09 Å². The topological polar surface area (TPSA) is 53.3 Å². The smallest absolute Gasteiger partial charge is 0.410 e. The van der Waals surface area contributed by atoms with Crippen LogP contribution >= 0.6 is 0 Å². The normalized spacial score (nSPS) is 17.1. The number of aryl methyl sites for hydroxylation is 3. The molecule has 136 valence electrons. The minimum Gasteiger partial charge on any atom is -0.444 e. The van der Waals surface area contributed by atoms with Gasteiger partial charge in [0.15, 0.2) is 0 Å². The van der Waals surface area contributed by atoms with Gasteiger partial charge in [-0.25, -0.2) is 4.79 Å². The Labute approximate surface area is 151 Å². The van der Waals surface area contributed by atoms with E-state index in [1.165, 1.54) is 22.3 Å². The molecule has 1 aliphatic rings. The molecule has 0 aromatic heterocycles. The predicted molar refractivity (Wildman–Crippen MR) is 99.4 cm³/mol. The molecule has 1 heterocycles. The minimum atomic E-state index is -0.489. The van der Waals surface area contributed by atoms with Gasteiger partial charge in [-0.3, -0.25) is 0 Å². The summed E-state index contributed by atoms with van der Waals surface area (Å²) < 4.78 is 5.45. The van der Waals surface area contributed by atoms with Crippen LogP contribution < -0.4 is 0 Å². The zero-order valence-corrected chi connectivity index (χ0v) is 16.4. The van der Waals surface area contributed by atoms with Crippen LogP contribution in [0.15, 0.2) is 12.1 Å². The van der Waals surface area contributed by atoms with Crippen LogP contribution in [0, 0.1) is 37.5 Å². The lowest BCUT2D eigenvalue weighted by atomic mass is 9.73. The van der Waals surface area contributed by atoms with Gasteiger partial charge in [0.05, 0.1) is 11.5 Å². The first-order chi connectivity index (χ1) is 11.6. The van der Waals surface area contributed by atoms with Crippen molar-refractivity contribution in [2.75, 3.05) is 13.1 Å². The van der Waals surface area contributed by atoms with E-state index in [4.69, 9.17) is 4.74 Å². The molecule has 0 bridgehead atoms. The maximum atomic E-state index is 12.2. The number of carbonyl (C=O) groups excluding carboxylic acids is 1. The summed E-state index contributed by atoms with van der Waals surface area (Å²) in [5.41, 5.74) is 4.14. The Morgan fingerprint density at radius 3 is 2.16 bits per heavy atom. The summed E-state index contributed by atoms with van der Waals surface area (Å²) in [7, 11) is 0. The van der Waals surface area contributed by atoms with Crippen LogP contribution in [0.3, 0.4) is 0 Å². The number of likely N-dealkylation sites (tertiary alicyclic amines) is 1. The van der Waals surface area contributed by atoms with Crippen LogP contribution in [-0.4, -0.2) is 29.7 Å². The second-order valence-corrected chi connectivity index (χ2v) is 8.41. The van der Waals surface area contributed by atoms with Crippen molar-refractivity contribution in [2.24, 2.45) is 5.41 Å². The predicted octanol–water partition coefficient (Wildman–Crippen LogP) is 4.70. The van der Waals surface area contributed by atoms with Gasteiger partial charge in [0.1, 0.15) is 5.60 Å². The van der Waals surface area contributed by atoms with E-state index in [1.807, 2.05) is 20.8 Å². The average Bonchev–Trinajstić information content (AvgIpc) is 2.50. The molecule has 25 heavy (non-hydrogen) atoms. The highest BCUT2D eigenvalue weighted by molar-refractivity contribution is 5.68. The molecule has 1 aromatic rings. The number of rotatable bonds is 2. The zero-order valence-electron chi connectivity index (χ0n) is 16.4. The Morgan fingerprint density at radius 2 is 1.72 bits per heavy atom. The lowest BCUT2D eigenvalue weighted by Crippen LogP contribution is -2.45. The summed E-state index contributed by atoms with van der Waals surface area (Å²) >= 11 is 0. The monoisotopic (exact) mass is 342 g/mol. The van der Waals surface area contributed by atoms with Gasteiger partial charge < -0.3 is 9.64 Å². The standard InChI is InChI=1S/C21H30N2O2/c1-15-11-16(2)18(17(3)12-15)13-21(14-22)7-9-23(10-8-21)19(24)25-20(4,5)6/h11-12H,7-10,13H2,1-6H3.